The summed E-state index contributed by atoms with van der Waals surface area (Å²) < 4.78 is 10.1. The highest BCUT2D eigenvalue weighted by atomic mass is 32.1. The van der Waals surface area contributed by atoms with Crippen LogP contribution in [-0.4, -0.2) is 25.6 Å². The summed E-state index contributed by atoms with van der Waals surface area (Å²) in [4.78, 5) is 1.16. The van der Waals surface area contributed by atoms with Gasteiger partial charge in [-0.2, -0.15) is 0 Å². The average molecular weight is 216 g/mol. The molecular formula is C10H16O3S. The molecule has 0 aliphatic heterocycles. The van der Waals surface area contributed by atoms with Crippen molar-refractivity contribution < 1.29 is 14.6 Å². The largest absolute Gasteiger partial charge is 0.380 e. The summed E-state index contributed by atoms with van der Waals surface area (Å²) in [5.41, 5.74) is -0.275. The molecule has 1 aromatic heterocycles. The number of hydrogen-bond acceptors (Lipinski definition) is 4. The van der Waals surface area contributed by atoms with Crippen LogP contribution in [0.3, 0.4) is 0 Å². The van der Waals surface area contributed by atoms with Gasteiger partial charge >= 0.3 is 0 Å². The lowest BCUT2D eigenvalue weighted by Crippen LogP contribution is -2.38. The number of hydrogen-bond donors (Lipinski definition) is 1. The smallest absolute Gasteiger partial charge is 0.189 e. The van der Waals surface area contributed by atoms with Crippen LogP contribution in [0.25, 0.3) is 0 Å². The highest BCUT2D eigenvalue weighted by molar-refractivity contribution is 7.10. The van der Waals surface area contributed by atoms with Crippen LogP contribution in [0, 0.1) is 6.92 Å². The number of aliphatic hydroxyl groups is 1. The molecule has 0 spiro atoms. The number of aryl methyl sites for hydroxylation is 1. The van der Waals surface area contributed by atoms with Gasteiger partial charge in [0.1, 0.15) is 5.60 Å². The van der Waals surface area contributed by atoms with E-state index in [2.05, 4.69) is 0 Å². The van der Waals surface area contributed by atoms with Gasteiger partial charge in [-0.25, -0.2) is 0 Å². The normalized spacial score (nSPS) is 15.9. The fourth-order valence-corrected chi connectivity index (χ4v) is 2.21. The minimum absolute atomic E-state index is 0.642. The molecule has 0 aromatic carbocycles. The zero-order valence-electron chi connectivity index (χ0n) is 8.90. The third-order valence-electron chi connectivity index (χ3n) is 2.20. The molecule has 0 saturated heterocycles. The highest BCUT2D eigenvalue weighted by Gasteiger charge is 2.34. The van der Waals surface area contributed by atoms with E-state index in [9.17, 15) is 5.11 Å². The van der Waals surface area contributed by atoms with Crippen LogP contribution in [-0.2, 0) is 15.1 Å². The van der Waals surface area contributed by atoms with Crippen LogP contribution in [0.5, 0.6) is 0 Å². The predicted molar refractivity (Wildman–Crippen MR) is 56.4 cm³/mol. The standard InChI is InChI=1S/C10H16O3S/c1-7-5-8(6-14-7)10(2,11)9(12-3)13-4/h5-6,9,11H,1-4H3. The van der Waals surface area contributed by atoms with Crippen molar-refractivity contribution >= 4 is 11.3 Å². The maximum Gasteiger partial charge on any atom is 0.189 e. The molecule has 0 bridgehead atoms. The second kappa shape index (κ2) is 4.40. The molecule has 0 amide bonds. The molecule has 1 rings (SSSR count). The Bertz CT molecular complexity index is 289. The monoisotopic (exact) mass is 216 g/mol. The Balaban J connectivity index is 2.93. The lowest BCUT2D eigenvalue weighted by molar-refractivity contribution is -0.212. The van der Waals surface area contributed by atoms with Crippen LogP contribution in [0.4, 0.5) is 0 Å². The summed E-state index contributed by atoms with van der Waals surface area (Å²) in [7, 11) is 3.03. The van der Waals surface area contributed by atoms with Crippen LogP contribution < -0.4 is 0 Å². The Morgan fingerprint density at radius 1 is 1.43 bits per heavy atom. The number of thiophene rings is 1. The maximum atomic E-state index is 10.2. The first-order chi connectivity index (χ1) is 6.52. The van der Waals surface area contributed by atoms with E-state index in [-0.39, 0.29) is 0 Å². The summed E-state index contributed by atoms with van der Waals surface area (Å²) in [6.07, 6.45) is -0.642. The SMILES string of the molecule is COC(OC)C(C)(O)c1csc(C)c1. The Kier molecular flexibility index (Phi) is 3.66. The van der Waals surface area contributed by atoms with Crippen molar-refractivity contribution in [2.24, 2.45) is 0 Å². The van der Waals surface area contributed by atoms with Crippen LogP contribution in [0.15, 0.2) is 11.4 Å². The van der Waals surface area contributed by atoms with Gasteiger partial charge in [0, 0.05) is 19.1 Å². The van der Waals surface area contributed by atoms with Gasteiger partial charge < -0.3 is 14.6 Å². The second-order valence-corrected chi connectivity index (χ2v) is 4.51. The van der Waals surface area contributed by atoms with Crippen LogP contribution in [0.2, 0.25) is 0 Å². The fraction of sp³-hybridized carbons (Fsp3) is 0.600. The molecule has 0 radical (unpaired) electrons. The first-order valence-electron chi connectivity index (χ1n) is 4.36. The Labute approximate surface area is 88.3 Å². The third kappa shape index (κ3) is 2.15. The zero-order valence-corrected chi connectivity index (χ0v) is 9.72. The molecule has 3 nitrogen and oxygen atoms in total. The van der Waals surface area contributed by atoms with Crippen molar-refractivity contribution in [1.29, 1.82) is 0 Å². The van der Waals surface area contributed by atoms with Gasteiger partial charge in [-0.15, -0.1) is 11.3 Å². The Hall–Kier alpha value is -0.420. The molecule has 1 N–H and O–H groups in total. The summed E-state index contributed by atoms with van der Waals surface area (Å²) in [6, 6.07) is 1.94. The van der Waals surface area contributed by atoms with E-state index in [1.54, 1.807) is 18.3 Å². The summed E-state index contributed by atoms with van der Waals surface area (Å²) >= 11 is 1.60. The first-order valence-corrected chi connectivity index (χ1v) is 5.24. The number of methoxy groups -OCH3 is 2. The van der Waals surface area contributed by atoms with Crippen molar-refractivity contribution in [3.05, 3.63) is 21.9 Å². The number of ether oxygens (including phenoxy) is 2. The van der Waals surface area contributed by atoms with Crippen LogP contribution in [0.1, 0.15) is 17.4 Å². The van der Waals surface area contributed by atoms with E-state index >= 15 is 0 Å². The minimum Gasteiger partial charge on any atom is -0.380 e. The molecular weight excluding hydrogens is 200 g/mol. The molecule has 0 aliphatic carbocycles. The van der Waals surface area contributed by atoms with Crippen molar-refractivity contribution in [1.82, 2.24) is 0 Å². The number of rotatable bonds is 4. The summed E-state index contributed by atoms with van der Waals surface area (Å²) in [5.74, 6) is 0. The minimum atomic E-state index is -1.10. The molecule has 1 unspecified atom stereocenters. The van der Waals surface area contributed by atoms with Gasteiger partial charge in [0.05, 0.1) is 0 Å². The molecule has 1 aromatic rings. The van der Waals surface area contributed by atoms with Crippen molar-refractivity contribution in [3.63, 3.8) is 0 Å². The molecule has 1 atom stereocenters. The molecule has 0 aliphatic rings. The lowest BCUT2D eigenvalue weighted by atomic mass is 9.98. The first kappa shape index (κ1) is 11.7. The van der Waals surface area contributed by atoms with Gasteiger partial charge in [0.15, 0.2) is 6.29 Å². The Morgan fingerprint density at radius 2 is 2.00 bits per heavy atom. The van der Waals surface area contributed by atoms with E-state index in [4.69, 9.17) is 9.47 Å². The molecule has 0 saturated carbocycles. The lowest BCUT2D eigenvalue weighted by Gasteiger charge is -2.29. The van der Waals surface area contributed by atoms with Crippen molar-refractivity contribution in [2.45, 2.75) is 25.7 Å². The zero-order chi connectivity index (χ0) is 10.8. The predicted octanol–water partition coefficient (Wildman–Crippen LogP) is 1.88. The van der Waals surface area contributed by atoms with E-state index in [0.29, 0.717) is 0 Å². The van der Waals surface area contributed by atoms with Crippen LogP contribution >= 0.6 is 11.3 Å². The van der Waals surface area contributed by atoms with Gasteiger partial charge in [0.25, 0.3) is 0 Å². The third-order valence-corrected chi connectivity index (χ3v) is 3.06. The van der Waals surface area contributed by atoms with Gasteiger partial charge in [-0.05, 0) is 30.9 Å². The highest BCUT2D eigenvalue weighted by Crippen LogP contribution is 2.30. The molecule has 1 heterocycles. The van der Waals surface area contributed by atoms with Gasteiger partial charge in [0.2, 0.25) is 0 Å². The fourth-order valence-electron chi connectivity index (χ4n) is 1.40. The average Bonchev–Trinajstić information content (AvgIpc) is 2.54. The maximum absolute atomic E-state index is 10.2. The molecule has 14 heavy (non-hydrogen) atoms. The molecule has 80 valence electrons. The Morgan fingerprint density at radius 3 is 2.36 bits per heavy atom. The second-order valence-electron chi connectivity index (χ2n) is 3.40. The molecule has 4 heteroatoms. The topological polar surface area (TPSA) is 38.7 Å². The molecule has 0 fully saturated rings. The van der Waals surface area contributed by atoms with Crippen molar-refractivity contribution in [3.8, 4) is 0 Å². The van der Waals surface area contributed by atoms with Crippen molar-refractivity contribution in [2.75, 3.05) is 14.2 Å². The quantitative estimate of drug-likeness (QED) is 0.781. The van der Waals surface area contributed by atoms with E-state index in [1.165, 1.54) is 14.2 Å². The van der Waals surface area contributed by atoms with E-state index < -0.39 is 11.9 Å². The van der Waals surface area contributed by atoms with E-state index in [1.807, 2.05) is 18.4 Å². The summed E-state index contributed by atoms with van der Waals surface area (Å²) in [6.45, 7) is 3.69. The van der Waals surface area contributed by atoms with Gasteiger partial charge in [-0.1, -0.05) is 0 Å². The summed E-state index contributed by atoms with van der Waals surface area (Å²) in [5, 5.41) is 12.1. The van der Waals surface area contributed by atoms with Gasteiger partial charge in [-0.3, -0.25) is 0 Å². The van der Waals surface area contributed by atoms with E-state index in [0.717, 1.165) is 10.4 Å².